The van der Waals surface area contributed by atoms with Crippen LogP contribution in [0.25, 0.3) is 0 Å². The Morgan fingerprint density at radius 1 is 1.44 bits per heavy atom. The Morgan fingerprint density at radius 3 is 2.38 bits per heavy atom. The zero-order valence-electron chi connectivity index (χ0n) is 10.0. The van der Waals surface area contributed by atoms with Gasteiger partial charge in [0.15, 0.2) is 0 Å². The molecule has 0 aromatic heterocycles. The molecule has 1 N–H and O–H groups in total. The van der Waals surface area contributed by atoms with Crippen LogP contribution in [0.4, 0.5) is 0 Å². The summed E-state index contributed by atoms with van der Waals surface area (Å²) >= 11 is 0.275. The van der Waals surface area contributed by atoms with Crippen LogP contribution in [-0.2, 0) is 16.1 Å². The number of carboxylic acids is 1. The van der Waals surface area contributed by atoms with Crippen molar-refractivity contribution in [1.82, 2.24) is 9.80 Å². The number of carbonyl (C=O) groups is 1. The van der Waals surface area contributed by atoms with Crippen LogP contribution in [0, 0.1) is 0 Å². The fourth-order valence-corrected chi connectivity index (χ4v) is 1.77. The Balaban J connectivity index is 4.34. The van der Waals surface area contributed by atoms with Crippen LogP contribution in [0.5, 0.6) is 0 Å². The van der Waals surface area contributed by atoms with Gasteiger partial charge in [0.1, 0.15) is 17.3 Å². The monoisotopic (exact) mass is 248 g/mol. The Hall–Kier alpha value is -0.720. The van der Waals surface area contributed by atoms with Gasteiger partial charge in [-0.15, -0.1) is 0 Å². The predicted molar refractivity (Wildman–Crippen MR) is 65.8 cm³/mol. The smallest absolute Gasteiger partial charge is 0.321 e. The molecule has 0 aliphatic carbocycles. The second kappa shape index (κ2) is 8.43. The van der Waals surface area contributed by atoms with E-state index in [0.717, 1.165) is 19.6 Å². The molecule has 0 unspecified atom stereocenters. The van der Waals surface area contributed by atoms with E-state index in [1.165, 1.54) is 10.4 Å². The number of rotatable bonds is 8. The zero-order chi connectivity index (χ0) is 12.6. The quantitative estimate of drug-likeness (QED) is 0.616. The number of hydrogen-bond acceptors (Lipinski definition) is 3. The number of carboxylic acid groups (broad SMARTS) is 1. The van der Waals surface area contributed by atoms with Gasteiger partial charge in [0.05, 0.1) is 5.49 Å². The molecule has 1 atom stereocenters. The summed E-state index contributed by atoms with van der Waals surface area (Å²) in [6, 6.07) is -0.623. The maximum atomic E-state index is 11.0. The molecular weight excluding hydrogens is 228 g/mol. The molecule has 0 saturated carbocycles. The first-order valence-corrected chi connectivity index (χ1v) is 6.16. The minimum atomic E-state index is -0.889. The van der Waals surface area contributed by atoms with Crippen LogP contribution in [0.3, 0.4) is 0 Å². The summed E-state index contributed by atoms with van der Waals surface area (Å²) in [5, 5.41) is 9.04. The third-order valence-electron chi connectivity index (χ3n) is 2.60. The highest BCUT2D eigenvalue weighted by molar-refractivity contribution is 7.64. The molecule has 6 heteroatoms. The number of nitrogens with zero attached hydrogens (tertiary/aromatic N) is 2. The molecule has 0 heterocycles. The van der Waals surface area contributed by atoms with Crippen LogP contribution in [-0.4, -0.2) is 63.3 Å². The lowest BCUT2D eigenvalue weighted by molar-refractivity contribution is -0.141. The molecule has 94 valence electrons. The largest absolute Gasteiger partial charge is 0.480 e. The normalized spacial score (nSPS) is 12.8. The molecule has 0 fully saturated rings. The summed E-state index contributed by atoms with van der Waals surface area (Å²) in [7, 11) is 1.62. The summed E-state index contributed by atoms with van der Waals surface area (Å²) in [5.41, 5.74) is 1.29. The van der Waals surface area contributed by atoms with Crippen LogP contribution in [0.2, 0.25) is 0 Å². The summed E-state index contributed by atoms with van der Waals surface area (Å²) in [6.07, 6.45) is 0.518. The van der Waals surface area contributed by atoms with Crippen molar-refractivity contribution in [3.63, 3.8) is 0 Å². The Labute approximate surface area is 100 Å². The highest BCUT2D eigenvalue weighted by Gasteiger charge is 2.21. The Bertz CT molecular complexity index is 263. The van der Waals surface area contributed by atoms with Crippen LogP contribution in [0.15, 0.2) is 0 Å². The van der Waals surface area contributed by atoms with Crippen LogP contribution in [0.1, 0.15) is 20.3 Å². The number of aliphatic carboxylic acids is 1. The second-order valence-corrected chi connectivity index (χ2v) is 3.94. The van der Waals surface area contributed by atoms with E-state index >= 15 is 0 Å². The van der Waals surface area contributed by atoms with Crippen molar-refractivity contribution in [3.05, 3.63) is 0 Å². The van der Waals surface area contributed by atoms with Gasteiger partial charge in [0.25, 0.3) is 0 Å². The zero-order valence-corrected chi connectivity index (χ0v) is 10.9. The molecule has 0 amide bonds. The minimum Gasteiger partial charge on any atom is -0.480 e. The fourth-order valence-electron chi connectivity index (χ4n) is 1.49. The third-order valence-corrected chi connectivity index (χ3v) is 3.02. The maximum Gasteiger partial charge on any atom is 0.321 e. The van der Waals surface area contributed by atoms with E-state index in [-0.39, 0.29) is 11.3 Å². The summed E-state index contributed by atoms with van der Waals surface area (Å²) in [6.45, 7) is 6.63. The lowest BCUT2D eigenvalue weighted by atomic mass is 10.2. The van der Waals surface area contributed by atoms with Crippen molar-refractivity contribution in [2.75, 3.05) is 26.7 Å². The highest BCUT2D eigenvalue weighted by Crippen LogP contribution is 2.02. The molecule has 0 bridgehead atoms. The molecule has 16 heavy (non-hydrogen) atoms. The van der Waals surface area contributed by atoms with Crippen molar-refractivity contribution < 1.29 is 14.1 Å². The first kappa shape index (κ1) is 15.3. The number of likely N-dealkylation sites (N-methyl/N-ethyl adjacent to an activating group) is 1. The van der Waals surface area contributed by atoms with Crippen LogP contribution >= 0.6 is 0 Å². The van der Waals surface area contributed by atoms with Crippen molar-refractivity contribution in [3.8, 4) is 0 Å². The van der Waals surface area contributed by atoms with E-state index in [9.17, 15) is 9.00 Å². The summed E-state index contributed by atoms with van der Waals surface area (Å²) in [5.74, 6) is -0.889. The molecule has 0 saturated heterocycles. The van der Waals surface area contributed by atoms with Crippen molar-refractivity contribution >= 4 is 22.7 Å². The number of hydrogen-bond donors (Lipinski definition) is 1. The summed E-state index contributed by atoms with van der Waals surface area (Å²) < 4.78 is 10.3. The van der Waals surface area contributed by atoms with Gasteiger partial charge in [0, 0.05) is 6.54 Å². The molecule has 0 radical (unpaired) electrons. The van der Waals surface area contributed by atoms with Gasteiger partial charge in [-0.05, 0) is 26.6 Å². The van der Waals surface area contributed by atoms with Gasteiger partial charge in [-0.25, -0.2) is 4.21 Å². The van der Waals surface area contributed by atoms with E-state index in [1.54, 1.807) is 7.05 Å². The fraction of sp³-hybridized carbons (Fsp3) is 0.800. The molecule has 0 aliphatic heterocycles. The molecular formula is C10H20N2O3S. The second-order valence-electron chi connectivity index (χ2n) is 3.54. The molecule has 0 spiro atoms. The average Bonchev–Trinajstić information content (AvgIpc) is 2.24. The standard InChI is InChI=1S/C10H20N2O3S/c1-4-12(5-2)7-6-9(10(13)14)11(3)8-16-15/h8-9H,4-7H2,1-3H3,(H,13,14)/t9-/m0/s1. The molecule has 0 aromatic rings. The van der Waals surface area contributed by atoms with Crippen LogP contribution < -0.4 is 0 Å². The predicted octanol–water partition coefficient (Wildman–Crippen LogP) is 0.0760. The van der Waals surface area contributed by atoms with Crippen molar-refractivity contribution in [1.29, 1.82) is 0 Å². The van der Waals surface area contributed by atoms with E-state index in [0.29, 0.717) is 6.42 Å². The Morgan fingerprint density at radius 2 is 2.00 bits per heavy atom. The van der Waals surface area contributed by atoms with E-state index < -0.39 is 12.0 Å². The summed E-state index contributed by atoms with van der Waals surface area (Å²) in [4.78, 5) is 14.6. The first-order chi connectivity index (χ1) is 7.56. The van der Waals surface area contributed by atoms with Crippen molar-refractivity contribution in [2.24, 2.45) is 0 Å². The van der Waals surface area contributed by atoms with Gasteiger partial charge >= 0.3 is 5.97 Å². The molecule has 0 aromatic carbocycles. The Kier molecular flexibility index (Phi) is 8.05. The SMILES string of the molecule is CCN(CC)CC[C@@H](C(=O)O)N(C)C=S=O. The van der Waals surface area contributed by atoms with E-state index in [1.807, 2.05) is 13.8 Å². The van der Waals surface area contributed by atoms with Gasteiger partial charge in [0.2, 0.25) is 0 Å². The van der Waals surface area contributed by atoms with Gasteiger partial charge in [-0.3, -0.25) is 9.69 Å². The van der Waals surface area contributed by atoms with Gasteiger partial charge in [-0.2, -0.15) is 0 Å². The highest BCUT2D eigenvalue weighted by atomic mass is 32.1. The van der Waals surface area contributed by atoms with Gasteiger partial charge in [-0.1, -0.05) is 13.8 Å². The molecule has 5 nitrogen and oxygen atoms in total. The van der Waals surface area contributed by atoms with Crippen molar-refractivity contribution in [2.45, 2.75) is 26.3 Å². The lowest BCUT2D eigenvalue weighted by Crippen LogP contribution is -2.40. The maximum absolute atomic E-state index is 11.0. The third kappa shape index (κ3) is 5.39. The average molecular weight is 248 g/mol. The molecule has 0 rings (SSSR count). The minimum absolute atomic E-state index is 0.275. The topological polar surface area (TPSA) is 60.9 Å². The van der Waals surface area contributed by atoms with E-state index in [2.05, 4.69) is 4.90 Å². The lowest BCUT2D eigenvalue weighted by Gasteiger charge is -2.24. The van der Waals surface area contributed by atoms with Gasteiger partial charge < -0.3 is 10.0 Å². The van der Waals surface area contributed by atoms with E-state index in [4.69, 9.17) is 5.11 Å². The first-order valence-electron chi connectivity index (χ1n) is 5.35. The molecule has 0 aliphatic rings.